The minimum Gasteiger partial charge on any atom is -0.394 e. The van der Waals surface area contributed by atoms with Gasteiger partial charge in [-0.25, -0.2) is 0 Å². The number of hydrogen-bond donors (Lipinski definition) is 17. The fraction of sp³-hybridized carbons (Fsp3) is 0.977. The third-order valence-electron chi connectivity index (χ3n) is 14.7. The molecule has 7 heterocycles. The maximum absolute atomic E-state index is 12.9. The average Bonchev–Trinajstić information content (AvgIpc) is 3.36. The Kier molecular flexibility index (Phi) is 20.3. The van der Waals surface area contributed by atoms with Gasteiger partial charge < -0.3 is 149 Å². The molecule has 7 fully saturated rings. The smallest absolute Gasteiger partial charge is 0.217 e. The summed E-state index contributed by atoms with van der Waals surface area (Å²) in [5.74, 6) is -0.821. The van der Waals surface area contributed by atoms with E-state index in [1.54, 1.807) is 0 Å². The highest BCUT2D eigenvalue weighted by Gasteiger charge is 2.58. The first-order valence-corrected chi connectivity index (χ1v) is 24.8. The van der Waals surface area contributed by atoms with Gasteiger partial charge in [0.15, 0.2) is 44.0 Å². The Morgan fingerprint density at radius 2 is 0.680 bits per heavy atom. The molecular weight excluding hydrogens is 1020 g/mol. The van der Waals surface area contributed by atoms with Crippen LogP contribution < -0.4 is 5.32 Å². The minimum absolute atomic E-state index is 0.821. The molecule has 1 unspecified atom stereocenters. The molecule has 0 aromatic heterocycles. The van der Waals surface area contributed by atoms with Crippen molar-refractivity contribution in [1.29, 1.82) is 0 Å². The van der Waals surface area contributed by atoms with Gasteiger partial charge in [-0.1, -0.05) is 0 Å². The molecule has 0 aromatic rings. The van der Waals surface area contributed by atoms with E-state index in [0.29, 0.717) is 0 Å². The average molecular weight is 1100 g/mol. The molecule has 75 heavy (non-hydrogen) atoms. The third kappa shape index (κ3) is 12.6. The predicted octanol–water partition coefficient (Wildman–Crippen LogP) is -9.97. The van der Waals surface area contributed by atoms with Crippen molar-refractivity contribution in [2.75, 3.05) is 6.61 Å². The van der Waals surface area contributed by atoms with Crippen molar-refractivity contribution in [2.45, 2.75) is 263 Å². The molecule has 0 spiro atoms. The Morgan fingerprint density at radius 1 is 0.347 bits per heavy atom. The number of rotatable bonds is 14. The summed E-state index contributed by atoms with van der Waals surface area (Å²) < 4.78 is 76.2. The Balaban J connectivity index is 1.14. The highest BCUT2D eigenvalue weighted by molar-refractivity contribution is 5.73. The van der Waals surface area contributed by atoms with Gasteiger partial charge in [-0.05, 0) is 41.5 Å². The summed E-state index contributed by atoms with van der Waals surface area (Å²) in [5, 5.41) is 178. The summed E-state index contributed by atoms with van der Waals surface area (Å²) in [5.41, 5.74) is 0. The van der Waals surface area contributed by atoms with Crippen molar-refractivity contribution in [3.05, 3.63) is 0 Å². The second-order valence-electron chi connectivity index (χ2n) is 20.2. The number of carbonyl (C=O) groups excluding carboxylic acids is 1. The van der Waals surface area contributed by atoms with Crippen molar-refractivity contribution in [2.24, 2.45) is 0 Å². The van der Waals surface area contributed by atoms with Crippen molar-refractivity contribution in [1.82, 2.24) is 5.32 Å². The van der Waals surface area contributed by atoms with Crippen LogP contribution in [0.5, 0.6) is 0 Å². The van der Waals surface area contributed by atoms with Gasteiger partial charge in [0.25, 0.3) is 0 Å². The first kappa shape index (κ1) is 60.9. The van der Waals surface area contributed by atoms with Gasteiger partial charge in [0.2, 0.25) is 5.91 Å². The number of carbonyl (C=O) groups is 1. The summed E-state index contributed by atoms with van der Waals surface area (Å²) in [4.78, 5) is 12.9. The molecule has 0 radical (unpaired) electrons. The summed E-state index contributed by atoms with van der Waals surface area (Å²) in [6, 6.07) is -1.73. The van der Waals surface area contributed by atoms with Crippen LogP contribution in [-0.4, -0.2) is 309 Å². The van der Waals surface area contributed by atoms with Gasteiger partial charge in [0.05, 0.1) is 43.2 Å². The van der Waals surface area contributed by atoms with Crippen LogP contribution in [0.25, 0.3) is 0 Å². The molecular formula is C44H75NO30. The van der Waals surface area contributed by atoms with E-state index < -0.39 is 227 Å². The standard InChI is InChI=1S/C44H75NO30/c1-9-18(48)25(55)29(59)40(64-9)74-36-27(57)20(50)10(2)66-42(36)72-34-23(53)14(6)65-41(31(34)61)70-32-17(45-15(7)47)39(69-16(8-46)24(32)54)73-35-26(56)19(49)12(4)68-44(35)75-37-28(58)21(51)11(3)67-43(37)71-33-22(52)13(5)63-38(62)30(33)60/h9-14,16-44,46,48-62H,8H2,1-7H3,(H,45,47)/t9-,10-,11-,12-,13-,14-,16+,17+,18-,19-,20-,21-,22-,23-,24+,25+,26+,27+,28+,29+,30+,31+,32+,33+,34+,35+,36+,37+,38?,39-,40-,41-,42-,43-,44-/m0/s1. The second kappa shape index (κ2) is 25.0. The highest BCUT2D eigenvalue weighted by Crippen LogP contribution is 2.38. The van der Waals surface area contributed by atoms with Crippen LogP contribution in [0.15, 0.2) is 0 Å². The first-order valence-electron chi connectivity index (χ1n) is 24.8. The molecule has 7 saturated heterocycles. The molecule has 436 valence electrons. The van der Waals surface area contributed by atoms with Crippen LogP contribution in [0.2, 0.25) is 0 Å². The van der Waals surface area contributed by atoms with Crippen LogP contribution in [0.1, 0.15) is 48.5 Å². The largest absolute Gasteiger partial charge is 0.394 e. The first-order chi connectivity index (χ1) is 35.2. The zero-order valence-corrected chi connectivity index (χ0v) is 41.8. The summed E-state index contributed by atoms with van der Waals surface area (Å²) >= 11 is 0. The molecule has 0 bridgehead atoms. The van der Waals surface area contributed by atoms with Crippen molar-refractivity contribution < 1.29 is 148 Å². The van der Waals surface area contributed by atoms with E-state index in [2.05, 4.69) is 5.32 Å². The van der Waals surface area contributed by atoms with Crippen LogP contribution in [0.3, 0.4) is 0 Å². The van der Waals surface area contributed by atoms with E-state index in [9.17, 15) is 86.5 Å². The molecule has 17 N–H and O–H groups in total. The van der Waals surface area contributed by atoms with Gasteiger partial charge >= 0.3 is 0 Å². The number of aliphatic hydroxyl groups is 16. The van der Waals surface area contributed by atoms with Crippen LogP contribution >= 0.6 is 0 Å². The van der Waals surface area contributed by atoms with E-state index in [-0.39, 0.29) is 0 Å². The topological polar surface area (TPSA) is 473 Å². The Morgan fingerprint density at radius 3 is 1.12 bits per heavy atom. The molecule has 35 atom stereocenters. The third-order valence-corrected chi connectivity index (χ3v) is 14.7. The summed E-state index contributed by atoms with van der Waals surface area (Å²) in [7, 11) is 0. The molecule has 7 aliphatic heterocycles. The van der Waals surface area contributed by atoms with Crippen LogP contribution in [-0.2, 0) is 66.4 Å². The maximum Gasteiger partial charge on any atom is 0.217 e. The monoisotopic (exact) mass is 1100 g/mol. The van der Waals surface area contributed by atoms with Gasteiger partial charge in [0.1, 0.15) is 134 Å². The van der Waals surface area contributed by atoms with Gasteiger partial charge in [-0.3, -0.25) is 4.79 Å². The number of hydrogen-bond acceptors (Lipinski definition) is 30. The lowest BCUT2D eigenvalue weighted by molar-refractivity contribution is -0.401. The van der Waals surface area contributed by atoms with Crippen molar-refractivity contribution in [3.8, 4) is 0 Å². The number of aliphatic hydroxyl groups excluding tert-OH is 16. The fourth-order valence-corrected chi connectivity index (χ4v) is 10.0. The normalized spacial score (nSPS) is 55.1. The molecule has 31 nitrogen and oxygen atoms in total. The number of nitrogens with one attached hydrogen (secondary N) is 1. The van der Waals surface area contributed by atoms with Gasteiger partial charge in [-0.15, -0.1) is 0 Å². The Labute approximate surface area is 428 Å². The summed E-state index contributed by atoms with van der Waals surface area (Å²) in [6.45, 7) is 8.16. The lowest BCUT2D eigenvalue weighted by Gasteiger charge is -2.51. The van der Waals surface area contributed by atoms with Crippen molar-refractivity contribution >= 4 is 5.91 Å². The maximum atomic E-state index is 12.9. The summed E-state index contributed by atoms with van der Waals surface area (Å²) in [6.07, 6.45) is -58.0. The highest BCUT2D eigenvalue weighted by atomic mass is 16.8. The molecule has 1 amide bonds. The fourth-order valence-electron chi connectivity index (χ4n) is 10.0. The molecule has 31 heteroatoms. The van der Waals surface area contributed by atoms with Crippen LogP contribution in [0.4, 0.5) is 0 Å². The van der Waals surface area contributed by atoms with E-state index in [1.807, 2.05) is 0 Å². The van der Waals surface area contributed by atoms with Gasteiger partial charge in [0, 0.05) is 6.92 Å². The van der Waals surface area contributed by atoms with E-state index in [0.717, 1.165) is 6.92 Å². The molecule has 7 rings (SSSR count). The zero-order chi connectivity index (χ0) is 55.4. The van der Waals surface area contributed by atoms with Gasteiger partial charge in [-0.2, -0.15) is 0 Å². The zero-order valence-electron chi connectivity index (χ0n) is 41.8. The predicted molar refractivity (Wildman–Crippen MR) is 235 cm³/mol. The molecule has 7 aliphatic rings. The quantitative estimate of drug-likeness (QED) is 0.0768. The van der Waals surface area contributed by atoms with E-state index in [1.165, 1.54) is 41.5 Å². The van der Waals surface area contributed by atoms with E-state index >= 15 is 0 Å². The molecule has 0 saturated carbocycles. The van der Waals surface area contributed by atoms with Crippen LogP contribution in [0, 0.1) is 0 Å². The molecule has 0 aliphatic carbocycles. The van der Waals surface area contributed by atoms with E-state index in [4.69, 9.17) is 61.6 Å². The minimum atomic E-state index is -2.09. The SMILES string of the molecule is CC(=O)N[C@H]1[C@H](O[C@H]2[C@H](O[C@H]3[C@H](O[C@@H]4[C@@H](O)[C@H](C)OC(O)[C@@H]4O)O[C@@H](C)[C@H](O)[C@H]3O)O[C@@H](C)[C@H](O)[C@H]2O)O[C@H](CO)[C@@H](O)[C@@H]1O[C@@H]1O[C@@H](C)[C@H](O)[C@@H](O[C@@H]2O[C@@H](C)[C@H](O)[C@@H](O)[C@H]2O[C@@H]2O[C@@H](C)[C@H](O)[C@@H](O)[C@H]2O)[C@H]1O. The van der Waals surface area contributed by atoms with Crippen molar-refractivity contribution in [3.63, 3.8) is 0 Å². The number of amides is 1. The lowest BCUT2D eigenvalue weighted by atomic mass is 9.94. The Bertz CT molecular complexity index is 1820. The Hall–Kier alpha value is -1.69. The lowest BCUT2D eigenvalue weighted by Crippen LogP contribution is -2.70. The second-order valence-corrected chi connectivity index (χ2v) is 20.2. The molecule has 0 aromatic carbocycles. The number of ether oxygens (including phenoxy) is 13.